The smallest absolute Gasteiger partial charge is 0.0346 e. The maximum Gasteiger partial charge on any atom is 0.0346 e. The van der Waals surface area contributed by atoms with Gasteiger partial charge in [-0.25, -0.2) is 0 Å². The van der Waals surface area contributed by atoms with Gasteiger partial charge in [0.1, 0.15) is 0 Å². The summed E-state index contributed by atoms with van der Waals surface area (Å²) in [6, 6.07) is 13.7. The zero-order chi connectivity index (χ0) is 12.8. The monoisotopic (exact) mass is 228 g/mol. The van der Waals surface area contributed by atoms with E-state index < -0.39 is 0 Å². The van der Waals surface area contributed by atoms with Gasteiger partial charge in [0.2, 0.25) is 0 Å². The second-order valence-corrected chi connectivity index (χ2v) is 4.20. The lowest BCUT2D eigenvalue weighted by molar-refractivity contribution is 1.35. The van der Waals surface area contributed by atoms with Crippen molar-refractivity contribution in [2.45, 2.75) is 20.8 Å². The predicted octanol–water partition coefficient (Wildman–Crippen LogP) is 3.46. The molecule has 0 aromatic heterocycles. The molecule has 0 aliphatic heterocycles. The lowest BCUT2D eigenvalue weighted by atomic mass is 10.1. The van der Waals surface area contributed by atoms with Gasteiger partial charge in [0, 0.05) is 11.4 Å². The number of nitrogen functional groups attached to an aromatic ring is 2. The number of nitrogens with two attached hydrogens (primary N) is 2. The molecule has 4 N–H and O–H groups in total. The zero-order valence-corrected chi connectivity index (χ0v) is 10.7. The van der Waals surface area contributed by atoms with E-state index in [1.54, 1.807) is 0 Å². The summed E-state index contributed by atoms with van der Waals surface area (Å²) in [5, 5.41) is 0. The Bertz CT molecular complexity index is 453. The fraction of sp³-hybridized carbons (Fsp3) is 0.200. The van der Waals surface area contributed by atoms with Gasteiger partial charge in [-0.05, 0) is 55.7 Å². The maximum atomic E-state index is 5.62. The van der Waals surface area contributed by atoms with E-state index in [9.17, 15) is 0 Å². The molecule has 0 atom stereocenters. The molecular weight excluding hydrogens is 208 g/mol. The van der Waals surface area contributed by atoms with Crippen LogP contribution in [-0.4, -0.2) is 0 Å². The van der Waals surface area contributed by atoms with Gasteiger partial charge in [-0.2, -0.15) is 0 Å². The molecule has 0 saturated carbocycles. The lowest BCUT2D eigenvalue weighted by Crippen LogP contribution is -1.90. The molecular formula is C15H20N2. The van der Waals surface area contributed by atoms with E-state index in [1.165, 1.54) is 16.7 Å². The number of hydrogen-bond acceptors (Lipinski definition) is 2. The van der Waals surface area contributed by atoms with E-state index in [2.05, 4.69) is 13.0 Å². The topological polar surface area (TPSA) is 52.0 Å². The van der Waals surface area contributed by atoms with Crippen LogP contribution in [0, 0.1) is 20.8 Å². The molecule has 0 bridgehead atoms. The quantitative estimate of drug-likeness (QED) is 0.678. The first-order valence-electron chi connectivity index (χ1n) is 5.64. The average molecular weight is 228 g/mol. The minimum absolute atomic E-state index is 0.838. The third kappa shape index (κ3) is 4.19. The molecule has 2 heteroatoms. The molecule has 0 heterocycles. The van der Waals surface area contributed by atoms with Crippen LogP contribution in [0.4, 0.5) is 11.4 Å². The number of hydrogen-bond donors (Lipinski definition) is 2. The summed E-state index contributed by atoms with van der Waals surface area (Å²) in [5.41, 5.74) is 16.5. The van der Waals surface area contributed by atoms with E-state index in [4.69, 9.17) is 11.5 Å². The fourth-order valence-electron chi connectivity index (χ4n) is 1.44. The van der Waals surface area contributed by atoms with Gasteiger partial charge >= 0.3 is 0 Å². The van der Waals surface area contributed by atoms with E-state index in [-0.39, 0.29) is 0 Å². The van der Waals surface area contributed by atoms with E-state index in [0.717, 1.165) is 11.4 Å². The molecule has 0 saturated heterocycles. The summed E-state index contributed by atoms with van der Waals surface area (Å²) < 4.78 is 0. The van der Waals surface area contributed by atoms with Crippen molar-refractivity contribution < 1.29 is 0 Å². The van der Waals surface area contributed by atoms with Crippen LogP contribution in [-0.2, 0) is 0 Å². The number of rotatable bonds is 0. The Labute approximate surface area is 103 Å². The van der Waals surface area contributed by atoms with Crippen LogP contribution < -0.4 is 11.5 Å². The van der Waals surface area contributed by atoms with Crippen LogP contribution in [0.1, 0.15) is 16.7 Å². The van der Waals surface area contributed by atoms with E-state index in [1.807, 2.05) is 50.2 Å². The molecule has 0 aliphatic carbocycles. The highest BCUT2D eigenvalue weighted by Gasteiger charge is 1.92. The average Bonchev–Trinajstić information content (AvgIpc) is 2.26. The van der Waals surface area contributed by atoms with Gasteiger partial charge in [-0.1, -0.05) is 24.3 Å². The molecule has 2 nitrogen and oxygen atoms in total. The normalized spacial score (nSPS) is 9.35. The molecule has 2 aromatic rings. The minimum Gasteiger partial charge on any atom is -0.399 e. The van der Waals surface area contributed by atoms with Crippen molar-refractivity contribution in [1.29, 1.82) is 0 Å². The Morgan fingerprint density at radius 2 is 1.47 bits per heavy atom. The summed E-state index contributed by atoms with van der Waals surface area (Å²) in [5.74, 6) is 0. The lowest BCUT2D eigenvalue weighted by Gasteiger charge is -2.00. The number of benzene rings is 2. The molecule has 0 fully saturated rings. The third-order valence-electron chi connectivity index (χ3n) is 2.69. The van der Waals surface area contributed by atoms with Gasteiger partial charge < -0.3 is 11.5 Å². The summed E-state index contributed by atoms with van der Waals surface area (Å²) >= 11 is 0. The van der Waals surface area contributed by atoms with Crippen molar-refractivity contribution in [3.63, 3.8) is 0 Å². The number of anilines is 2. The van der Waals surface area contributed by atoms with E-state index in [0.29, 0.717) is 0 Å². The molecule has 0 radical (unpaired) electrons. The maximum absolute atomic E-state index is 5.62. The van der Waals surface area contributed by atoms with Gasteiger partial charge in [-0.3, -0.25) is 0 Å². The summed E-state index contributed by atoms with van der Waals surface area (Å²) in [7, 11) is 0. The summed E-state index contributed by atoms with van der Waals surface area (Å²) in [4.78, 5) is 0. The van der Waals surface area contributed by atoms with Crippen molar-refractivity contribution in [1.82, 2.24) is 0 Å². The van der Waals surface area contributed by atoms with Crippen LogP contribution in [0.5, 0.6) is 0 Å². The summed E-state index contributed by atoms with van der Waals surface area (Å²) in [6.45, 7) is 6.12. The standard InChI is InChI=1S/C8H11N.C7H9N/c1-6-4-3-5-8(9)7(6)2;1-6-3-2-4-7(8)5-6/h3-5H,9H2,1-2H3;2-5H,8H2,1H3. The first-order chi connectivity index (χ1) is 8.00. The van der Waals surface area contributed by atoms with Crippen LogP contribution in [0.2, 0.25) is 0 Å². The highest BCUT2D eigenvalue weighted by molar-refractivity contribution is 5.49. The Morgan fingerprint density at radius 1 is 0.824 bits per heavy atom. The van der Waals surface area contributed by atoms with Crippen LogP contribution >= 0.6 is 0 Å². The molecule has 2 aromatic carbocycles. The second kappa shape index (κ2) is 5.94. The molecule has 17 heavy (non-hydrogen) atoms. The van der Waals surface area contributed by atoms with Crippen molar-refractivity contribution in [2.75, 3.05) is 11.5 Å². The molecule has 0 unspecified atom stereocenters. The van der Waals surface area contributed by atoms with Gasteiger partial charge in [0.05, 0.1) is 0 Å². The Hall–Kier alpha value is -1.96. The Balaban J connectivity index is 0.000000171. The first-order valence-corrected chi connectivity index (χ1v) is 5.64. The molecule has 90 valence electrons. The SMILES string of the molecule is Cc1cccc(N)c1.Cc1cccc(N)c1C. The largest absolute Gasteiger partial charge is 0.399 e. The van der Waals surface area contributed by atoms with Gasteiger partial charge in [0.15, 0.2) is 0 Å². The highest BCUT2D eigenvalue weighted by Crippen LogP contribution is 2.13. The molecule has 2 rings (SSSR count). The van der Waals surface area contributed by atoms with Crippen molar-refractivity contribution >= 4 is 11.4 Å². The second-order valence-electron chi connectivity index (χ2n) is 4.20. The van der Waals surface area contributed by atoms with Crippen molar-refractivity contribution in [3.8, 4) is 0 Å². The van der Waals surface area contributed by atoms with Crippen molar-refractivity contribution in [3.05, 3.63) is 59.2 Å². The predicted molar refractivity (Wildman–Crippen MR) is 75.9 cm³/mol. The first kappa shape index (κ1) is 13.1. The Morgan fingerprint density at radius 3 is 1.88 bits per heavy atom. The van der Waals surface area contributed by atoms with Gasteiger partial charge in [0.25, 0.3) is 0 Å². The van der Waals surface area contributed by atoms with E-state index >= 15 is 0 Å². The van der Waals surface area contributed by atoms with Crippen LogP contribution in [0.3, 0.4) is 0 Å². The fourth-order valence-corrected chi connectivity index (χ4v) is 1.44. The van der Waals surface area contributed by atoms with Gasteiger partial charge in [-0.15, -0.1) is 0 Å². The van der Waals surface area contributed by atoms with Crippen LogP contribution in [0.25, 0.3) is 0 Å². The zero-order valence-electron chi connectivity index (χ0n) is 10.7. The van der Waals surface area contributed by atoms with Crippen LogP contribution in [0.15, 0.2) is 42.5 Å². The number of aryl methyl sites for hydroxylation is 2. The molecule has 0 amide bonds. The minimum atomic E-state index is 0.838. The van der Waals surface area contributed by atoms with Crippen molar-refractivity contribution in [2.24, 2.45) is 0 Å². The summed E-state index contributed by atoms with van der Waals surface area (Å²) in [6.07, 6.45) is 0. The molecule has 0 spiro atoms. The molecule has 0 aliphatic rings. The highest BCUT2D eigenvalue weighted by atomic mass is 14.6. The third-order valence-corrected chi connectivity index (χ3v) is 2.69. The Kier molecular flexibility index (Phi) is 4.58.